The van der Waals surface area contributed by atoms with Gasteiger partial charge in [-0.2, -0.15) is 0 Å². The molecule has 1 aliphatic heterocycles. The Hall–Kier alpha value is -0.170. The van der Waals surface area contributed by atoms with Crippen LogP contribution in [0, 0.1) is 0 Å². The van der Waals surface area contributed by atoms with E-state index < -0.39 is 0 Å². The maximum Gasteiger partial charge on any atom is 0.0936 e. The standard InChI is InChI=1S/C14H23ClN2O2S/c1-3-11(16)14(12-4-5-13(15)20-12)17-6-9(2)19-10(7-17)8-18/h4-5,9-11,14,18H,3,6-8,16H2,1-2H3. The van der Waals surface area contributed by atoms with Crippen LogP contribution in [0.15, 0.2) is 12.1 Å². The van der Waals surface area contributed by atoms with Crippen LogP contribution < -0.4 is 5.73 Å². The first-order valence-corrected chi connectivity index (χ1v) is 8.25. The summed E-state index contributed by atoms with van der Waals surface area (Å²) in [6.45, 7) is 5.70. The van der Waals surface area contributed by atoms with E-state index in [4.69, 9.17) is 22.1 Å². The van der Waals surface area contributed by atoms with Crippen LogP contribution in [-0.2, 0) is 4.74 Å². The van der Waals surface area contributed by atoms with Crippen LogP contribution in [0.2, 0.25) is 4.34 Å². The summed E-state index contributed by atoms with van der Waals surface area (Å²) in [6, 6.07) is 4.17. The first-order valence-electron chi connectivity index (χ1n) is 7.06. The number of ether oxygens (including phenoxy) is 1. The Balaban J connectivity index is 2.22. The van der Waals surface area contributed by atoms with E-state index in [0.717, 1.165) is 17.3 Å². The molecule has 0 amide bonds. The molecule has 0 aromatic carbocycles. The third kappa shape index (κ3) is 3.72. The molecule has 0 spiro atoms. The van der Waals surface area contributed by atoms with Gasteiger partial charge in [0, 0.05) is 24.0 Å². The minimum atomic E-state index is -0.138. The lowest BCUT2D eigenvalue weighted by atomic mass is 10.0. The molecule has 1 aliphatic rings. The molecule has 2 rings (SSSR count). The molecule has 114 valence electrons. The molecule has 4 unspecified atom stereocenters. The van der Waals surface area contributed by atoms with Gasteiger partial charge in [-0.05, 0) is 25.5 Å². The van der Waals surface area contributed by atoms with Crippen LogP contribution in [0.5, 0.6) is 0 Å². The van der Waals surface area contributed by atoms with E-state index in [-0.39, 0.29) is 30.9 Å². The van der Waals surface area contributed by atoms with Crippen LogP contribution in [0.4, 0.5) is 0 Å². The normalized spacial score (nSPS) is 27.4. The molecular weight excluding hydrogens is 296 g/mol. The Morgan fingerprint density at radius 3 is 2.85 bits per heavy atom. The van der Waals surface area contributed by atoms with Crippen molar-refractivity contribution in [1.29, 1.82) is 0 Å². The third-order valence-corrected chi connectivity index (χ3v) is 5.02. The van der Waals surface area contributed by atoms with Gasteiger partial charge in [0.1, 0.15) is 0 Å². The molecule has 2 heterocycles. The highest BCUT2D eigenvalue weighted by Gasteiger charge is 2.33. The lowest BCUT2D eigenvalue weighted by molar-refractivity contribution is -0.108. The van der Waals surface area contributed by atoms with Gasteiger partial charge >= 0.3 is 0 Å². The zero-order valence-corrected chi connectivity index (χ0v) is 13.5. The Bertz CT molecular complexity index is 429. The van der Waals surface area contributed by atoms with Crippen molar-refractivity contribution in [1.82, 2.24) is 4.90 Å². The second-order valence-electron chi connectivity index (χ2n) is 5.36. The van der Waals surface area contributed by atoms with Gasteiger partial charge in [0.25, 0.3) is 0 Å². The molecule has 1 fully saturated rings. The third-order valence-electron chi connectivity index (χ3n) is 3.71. The van der Waals surface area contributed by atoms with E-state index in [1.807, 2.05) is 13.0 Å². The number of hydrogen-bond donors (Lipinski definition) is 2. The van der Waals surface area contributed by atoms with Crippen molar-refractivity contribution in [3.63, 3.8) is 0 Å². The smallest absolute Gasteiger partial charge is 0.0936 e. The lowest BCUT2D eigenvalue weighted by Crippen LogP contribution is -2.52. The molecule has 4 nitrogen and oxygen atoms in total. The molecule has 4 atom stereocenters. The number of rotatable bonds is 5. The van der Waals surface area contributed by atoms with Crippen molar-refractivity contribution in [2.45, 2.75) is 44.6 Å². The predicted octanol–water partition coefficient (Wildman–Crippen LogP) is 2.26. The molecule has 0 saturated carbocycles. The van der Waals surface area contributed by atoms with Gasteiger partial charge in [0.05, 0.1) is 29.2 Å². The van der Waals surface area contributed by atoms with Gasteiger partial charge in [-0.25, -0.2) is 0 Å². The number of hydrogen-bond acceptors (Lipinski definition) is 5. The van der Waals surface area contributed by atoms with Gasteiger partial charge in [-0.1, -0.05) is 18.5 Å². The van der Waals surface area contributed by atoms with Gasteiger partial charge in [-0.3, -0.25) is 4.90 Å². The van der Waals surface area contributed by atoms with Gasteiger partial charge in [0.15, 0.2) is 0 Å². The highest BCUT2D eigenvalue weighted by Crippen LogP contribution is 2.34. The molecule has 0 radical (unpaired) electrons. The zero-order chi connectivity index (χ0) is 14.7. The fourth-order valence-corrected chi connectivity index (χ4v) is 4.05. The first-order chi connectivity index (χ1) is 9.55. The highest BCUT2D eigenvalue weighted by molar-refractivity contribution is 7.16. The summed E-state index contributed by atoms with van der Waals surface area (Å²) in [6.07, 6.45) is 0.860. The maximum absolute atomic E-state index is 9.38. The van der Waals surface area contributed by atoms with E-state index in [1.165, 1.54) is 4.88 Å². The molecule has 6 heteroatoms. The second-order valence-corrected chi connectivity index (χ2v) is 7.11. The van der Waals surface area contributed by atoms with Crippen LogP contribution in [0.25, 0.3) is 0 Å². The number of nitrogens with zero attached hydrogens (tertiary/aromatic N) is 1. The number of nitrogens with two attached hydrogens (primary N) is 1. The van der Waals surface area contributed by atoms with E-state index in [0.29, 0.717) is 6.54 Å². The summed E-state index contributed by atoms with van der Waals surface area (Å²) in [5, 5.41) is 9.38. The monoisotopic (exact) mass is 318 g/mol. The van der Waals surface area contributed by atoms with E-state index in [9.17, 15) is 5.11 Å². The van der Waals surface area contributed by atoms with Crippen LogP contribution >= 0.6 is 22.9 Å². The minimum absolute atomic E-state index is 0.0418. The minimum Gasteiger partial charge on any atom is -0.394 e. The number of aliphatic hydroxyl groups is 1. The molecule has 3 N–H and O–H groups in total. The summed E-state index contributed by atoms with van der Waals surface area (Å²) < 4.78 is 6.50. The van der Waals surface area contributed by atoms with E-state index in [1.54, 1.807) is 11.3 Å². The van der Waals surface area contributed by atoms with Crippen LogP contribution in [-0.4, -0.2) is 48.0 Å². The zero-order valence-electron chi connectivity index (χ0n) is 12.0. The molecule has 1 aromatic heterocycles. The molecule has 1 saturated heterocycles. The van der Waals surface area contributed by atoms with Crippen molar-refractivity contribution in [2.75, 3.05) is 19.7 Å². The van der Waals surface area contributed by atoms with Crippen LogP contribution in [0.3, 0.4) is 0 Å². The molecule has 0 bridgehead atoms. The Morgan fingerprint density at radius 2 is 2.30 bits per heavy atom. The number of thiophene rings is 1. The largest absolute Gasteiger partial charge is 0.394 e. The molecular formula is C14H23ClN2O2S. The first kappa shape index (κ1) is 16.2. The van der Waals surface area contributed by atoms with Gasteiger partial charge in [-0.15, -0.1) is 11.3 Å². The maximum atomic E-state index is 9.38. The quantitative estimate of drug-likeness (QED) is 0.874. The number of halogens is 1. The van der Waals surface area contributed by atoms with Crippen molar-refractivity contribution in [3.8, 4) is 0 Å². The van der Waals surface area contributed by atoms with Crippen LogP contribution in [0.1, 0.15) is 31.2 Å². The average molecular weight is 319 g/mol. The summed E-state index contributed by atoms with van der Waals surface area (Å²) in [5.74, 6) is 0. The second kappa shape index (κ2) is 7.20. The fourth-order valence-electron chi connectivity index (χ4n) is 2.78. The Labute approximate surface area is 129 Å². The van der Waals surface area contributed by atoms with Crippen molar-refractivity contribution < 1.29 is 9.84 Å². The van der Waals surface area contributed by atoms with E-state index in [2.05, 4.69) is 17.9 Å². The summed E-state index contributed by atoms with van der Waals surface area (Å²) in [4.78, 5) is 3.51. The Morgan fingerprint density at radius 1 is 1.55 bits per heavy atom. The summed E-state index contributed by atoms with van der Waals surface area (Å²) in [5.41, 5.74) is 6.34. The summed E-state index contributed by atoms with van der Waals surface area (Å²) >= 11 is 7.65. The Kier molecular flexibility index (Phi) is 5.84. The van der Waals surface area contributed by atoms with Crippen molar-refractivity contribution in [2.24, 2.45) is 5.73 Å². The lowest BCUT2D eigenvalue weighted by Gasteiger charge is -2.42. The highest BCUT2D eigenvalue weighted by atomic mass is 35.5. The average Bonchev–Trinajstić information content (AvgIpc) is 2.84. The van der Waals surface area contributed by atoms with Crippen molar-refractivity contribution >= 4 is 22.9 Å². The SMILES string of the molecule is CCC(N)C(c1ccc(Cl)s1)N1CC(C)OC(CO)C1. The topological polar surface area (TPSA) is 58.7 Å². The van der Waals surface area contributed by atoms with E-state index >= 15 is 0 Å². The predicted molar refractivity (Wildman–Crippen MR) is 83.3 cm³/mol. The molecule has 0 aliphatic carbocycles. The summed E-state index contributed by atoms with van der Waals surface area (Å²) in [7, 11) is 0. The number of morpholine rings is 1. The number of aliphatic hydroxyl groups excluding tert-OH is 1. The molecule has 20 heavy (non-hydrogen) atoms. The van der Waals surface area contributed by atoms with Gasteiger partial charge in [0.2, 0.25) is 0 Å². The van der Waals surface area contributed by atoms with Gasteiger partial charge < -0.3 is 15.6 Å². The fraction of sp³-hybridized carbons (Fsp3) is 0.714. The molecule has 1 aromatic rings. The van der Waals surface area contributed by atoms with Crippen molar-refractivity contribution in [3.05, 3.63) is 21.3 Å².